The van der Waals surface area contributed by atoms with E-state index >= 15 is 0 Å². The lowest BCUT2D eigenvalue weighted by molar-refractivity contribution is 0.170. The van der Waals surface area contributed by atoms with Gasteiger partial charge in [0.05, 0.1) is 12.6 Å². The Kier molecular flexibility index (Phi) is 3.50. The van der Waals surface area contributed by atoms with E-state index in [0.29, 0.717) is 30.1 Å². The van der Waals surface area contributed by atoms with Crippen molar-refractivity contribution < 1.29 is 18.4 Å². The number of aromatic nitrogens is 1. The zero-order valence-corrected chi connectivity index (χ0v) is 10.7. The molecule has 1 aliphatic heterocycles. The third kappa shape index (κ3) is 2.71. The van der Waals surface area contributed by atoms with E-state index in [1.807, 2.05) is 0 Å². The Morgan fingerprint density at radius 1 is 1.30 bits per heavy atom. The van der Waals surface area contributed by atoms with E-state index in [2.05, 4.69) is 10.1 Å². The van der Waals surface area contributed by atoms with Crippen LogP contribution >= 0.6 is 0 Å². The first kappa shape index (κ1) is 13.2. The molecule has 3 rings (SSSR count). The summed E-state index contributed by atoms with van der Waals surface area (Å²) in [6, 6.07) is 5.32. The Bertz CT molecular complexity index is 615. The molecule has 1 N–H and O–H groups in total. The maximum atomic E-state index is 13.2. The third-order valence-electron chi connectivity index (χ3n) is 3.40. The first-order chi connectivity index (χ1) is 9.61. The zero-order valence-electron chi connectivity index (χ0n) is 10.7. The van der Waals surface area contributed by atoms with Crippen molar-refractivity contribution in [1.29, 1.82) is 0 Å². The van der Waals surface area contributed by atoms with Crippen LogP contribution in [-0.2, 0) is 6.54 Å². The molecule has 1 atom stereocenters. The molecule has 0 spiro atoms. The molecule has 2 heterocycles. The van der Waals surface area contributed by atoms with Crippen molar-refractivity contribution in [2.75, 3.05) is 13.1 Å². The highest BCUT2D eigenvalue weighted by atomic mass is 19.2. The van der Waals surface area contributed by atoms with Crippen LogP contribution < -0.4 is 0 Å². The summed E-state index contributed by atoms with van der Waals surface area (Å²) in [7, 11) is 0. The molecule has 1 fully saturated rings. The Hall–Kier alpha value is -1.79. The number of nitrogens with zero attached hydrogens (tertiary/aromatic N) is 2. The topological polar surface area (TPSA) is 49.5 Å². The molecule has 2 aromatic rings. The monoisotopic (exact) mass is 280 g/mol. The highest BCUT2D eigenvalue weighted by molar-refractivity contribution is 5.58. The molecule has 1 aromatic heterocycles. The average molecular weight is 280 g/mol. The van der Waals surface area contributed by atoms with Gasteiger partial charge in [-0.15, -0.1) is 0 Å². The van der Waals surface area contributed by atoms with E-state index < -0.39 is 11.6 Å². The largest absolute Gasteiger partial charge is 0.392 e. The van der Waals surface area contributed by atoms with Crippen molar-refractivity contribution in [3.8, 4) is 11.3 Å². The van der Waals surface area contributed by atoms with Gasteiger partial charge in [0.15, 0.2) is 17.4 Å². The highest BCUT2D eigenvalue weighted by Crippen LogP contribution is 2.22. The minimum atomic E-state index is -0.908. The van der Waals surface area contributed by atoms with Crippen molar-refractivity contribution in [3.63, 3.8) is 0 Å². The molecule has 106 valence electrons. The first-order valence-corrected chi connectivity index (χ1v) is 6.43. The van der Waals surface area contributed by atoms with Gasteiger partial charge in [0.1, 0.15) is 5.69 Å². The normalized spacial score (nSPS) is 19.6. The number of rotatable bonds is 3. The summed E-state index contributed by atoms with van der Waals surface area (Å²) in [4.78, 5) is 2.06. The van der Waals surface area contributed by atoms with E-state index in [9.17, 15) is 13.9 Å². The lowest BCUT2D eigenvalue weighted by Gasteiger charge is -2.11. The number of hydrogen-bond acceptors (Lipinski definition) is 4. The van der Waals surface area contributed by atoms with Crippen molar-refractivity contribution >= 4 is 0 Å². The van der Waals surface area contributed by atoms with E-state index in [4.69, 9.17) is 4.52 Å². The highest BCUT2D eigenvalue weighted by Gasteiger charge is 2.21. The third-order valence-corrected chi connectivity index (χ3v) is 3.40. The number of halogens is 2. The van der Waals surface area contributed by atoms with Crippen LogP contribution in [0.5, 0.6) is 0 Å². The molecule has 1 aromatic carbocycles. The van der Waals surface area contributed by atoms with Crippen LogP contribution in [0.15, 0.2) is 28.8 Å². The summed E-state index contributed by atoms with van der Waals surface area (Å²) in [5.74, 6) is -1.16. The molecule has 0 unspecified atom stereocenters. The number of aliphatic hydroxyl groups is 1. The van der Waals surface area contributed by atoms with Gasteiger partial charge in [-0.1, -0.05) is 5.16 Å². The average Bonchev–Trinajstić information content (AvgIpc) is 3.03. The van der Waals surface area contributed by atoms with Gasteiger partial charge in [0.2, 0.25) is 0 Å². The number of likely N-dealkylation sites (tertiary alicyclic amines) is 1. The molecule has 4 nitrogen and oxygen atoms in total. The van der Waals surface area contributed by atoms with Gasteiger partial charge in [0.25, 0.3) is 0 Å². The predicted molar refractivity (Wildman–Crippen MR) is 67.8 cm³/mol. The Balaban J connectivity index is 1.74. The van der Waals surface area contributed by atoms with Crippen LogP contribution in [0.25, 0.3) is 11.3 Å². The van der Waals surface area contributed by atoms with Crippen LogP contribution in [-0.4, -0.2) is 34.4 Å². The van der Waals surface area contributed by atoms with Gasteiger partial charge in [-0.05, 0) is 24.6 Å². The molecule has 0 aliphatic carbocycles. The maximum Gasteiger partial charge on any atom is 0.159 e. The molecular weight excluding hydrogens is 266 g/mol. The fourth-order valence-electron chi connectivity index (χ4n) is 2.36. The molecule has 20 heavy (non-hydrogen) atoms. The molecule has 1 saturated heterocycles. The molecule has 0 saturated carbocycles. The Morgan fingerprint density at radius 3 is 2.85 bits per heavy atom. The fraction of sp³-hybridized carbons (Fsp3) is 0.357. The summed E-state index contributed by atoms with van der Waals surface area (Å²) < 4.78 is 31.2. The van der Waals surface area contributed by atoms with Gasteiger partial charge in [-0.25, -0.2) is 8.78 Å². The smallest absolute Gasteiger partial charge is 0.159 e. The lowest BCUT2D eigenvalue weighted by atomic mass is 10.1. The summed E-state index contributed by atoms with van der Waals surface area (Å²) in [6.45, 7) is 1.97. The van der Waals surface area contributed by atoms with E-state index in [0.717, 1.165) is 25.1 Å². The van der Waals surface area contributed by atoms with E-state index in [-0.39, 0.29) is 6.10 Å². The van der Waals surface area contributed by atoms with Crippen LogP contribution in [0.1, 0.15) is 12.2 Å². The molecule has 0 amide bonds. The van der Waals surface area contributed by atoms with Gasteiger partial charge in [-0.2, -0.15) is 0 Å². The van der Waals surface area contributed by atoms with Crippen LogP contribution in [0, 0.1) is 11.6 Å². The van der Waals surface area contributed by atoms with Gasteiger partial charge in [-0.3, -0.25) is 4.90 Å². The zero-order chi connectivity index (χ0) is 14.1. The summed E-state index contributed by atoms with van der Waals surface area (Å²) in [6.07, 6.45) is 0.466. The summed E-state index contributed by atoms with van der Waals surface area (Å²) in [5, 5.41) is 13.3. The number of β-amino-alcohol motifs (C(OH)–C–C–N with tert-alkyl or cyclic N) is 1. The Morgan fingerprint density at radius 2 is 2.15 bits per heavy atom. The quantitative estimate of drug-likeness (QED) is 0.936. The van der Waals surface area contributed by atoms with Gasteiger partial charge in [0, 0.05) is 24.7 Å². The minimum absolute atomic E-state index is 0.288. The SMILES string of the molecule is O[C@@H]1CCN(Cc2cc(-c3ccc(F)c(F)c3)no2)C1. The molecular formula is C14H14F2N2O2. The van der Waals surface area contributed by atoms with Crippen LogP contribution in [0.4, 0.5) is 8.78 Å². The second-order valence-corrected chi connectivity index (χ2v) is 4.98. The molecule has 6 heteroatoms. The van der Waals surface area contributed by atoms with E-state index in [1.54, 1.807) is 6.07 Å². The maximum absolute atomic E-state index is 13.2. The van der Waals surface area contributed by atoms with Crippen LogP contribution in [0.3, 0.4) is 0 Å². The number of hydrogen-bond donors (Lipinski definition) is 1. The Labute approximate surface area is 114 Å². The summed E-state index contributed by atoms with van der Waals surface area (Å²) in [5.41, 5.74) is 0.944. The van der Waals surface area contributed by atoms with Crippen molar-refractivity contribution in [2.45, 2.75) is 19.1 Å². The standard InChI is InChI=1S/C14H14F2N2O2/c15-12-2-1-9(5-13(12)16)14-6-11(20-17-14)8-18-4-3-10(19)7-18/h1-2,5-6,10,19H,3-4,7-8H2/t10-/m1/s1. The van der Waals surface area contributed by atoms with Gasteiger partial charge < -0.3 is 9.63 Å². The summed E-state index contributed by atoms with van der Waals surface area (Å²) >= 11 is 0. The number of aliphatic hydroxyl groups excluding tert-OH is 1. The lowest BCUT2D eigenvalue weighted by Crippen LogP contribution is -2.21. The molecule has 0 bridgehead atoms. The van der Waals surface area contributed by atoms with Crippen molar-refractivity contribution in [2.24, 2.45) is 0 Å². The van der Waals surface area contributed by atoms with Gasteiger partial charge >= 0.3 is 0 Å². The van der Waals surface area contributed by atoms with E-state index in [1.165, 1.54) is 6.07 Å². The number of benzene rings is 1. The first-order valence-electron chi connectivity index (χ1n) is 6.43. The second kappa shape index (κ2) is 5.30. The minimum Gasteiger partial charge on any atom is -0.392 e. The fourth-order valence-corrected chi connectivity index (χ4v) is 2.36. The van der Waals surface area contributed by atoms with Crippen LogP contribution in [0.2, 0.25) is 0 Å². The molecule has 0 radical (unpaired) electrons. The predicted octanol–water partition coefficient (Wildman–Crippen LogP) is 2.19. The van der Waals surface area contributed by atoms with Crippen molar-refractivity contribution in [1.82, 2.24) is 10.1 Å². The second-order valence-electron chi connectivity index (χ2n) is 4.98. The van der Waals surface area contributed by atoms with Crippen molar-refractivity contribution in [3.05, 3.63) is 41.7 Å². The molecule has 1 aliphatic rings.